The molecule has 3 aromatic carbocycles. The molecule has 6 nitrogen and oxygen atoms in total. The van der Waals surface area contributed by atoms with E-state index in [1.54, 1.807) is 30.3 Å². The molecule has 0 saturated heterocycles. The normalized spacial score (nSPS) is 11.8. The molecule has 0 heterocycles. The predicted octanol–water partition coefficient (Wildman–Crippen LogP) is 4.25. The van der Waals surface area contributed by atoms with Crippen LogP contribution in [0.25, 0.3) is 0 Å². The van der Waals surface area contributed by atoms with Crippen LogP contribution in [0.5, 0.6) is 0 Å². The molecular weight excluding hydrogens is 420 g/mol. The molecule has 0 unspecified atom stereocenters. The van der Waals surface area contributed by atoms with Gasteiger partial charge in [-0.25, -0.2) is 16.8 Å². The van der Waals surface area contributed by atoms with Crippen molar-refractivity contribution in [1.82, 2.24) is 0 Å². The highest BCUT2D eigenvalue weighted by atomic mass is 35.5. The second-order valence-electron chi connectivity index (χ2n) is 6.03. The highest BCUT2D eigenvalue weighted by Crippen LogP contribution is 2.29. The minimum absolute atomic E-state index is 0.0589. The Balaban J connectivity index is 1.82. The molecule has 2 N–H and O–H groups in total. The van der Waals surface area contributed by atoms with Gasteiger partial charge < -0.3 is 0 Å². The van der Waals surface area contributed by atoms with E-state index in [1.807, 2.05) is 6.92 Å². The fraction of sp³-hybridized carbons (Fsp3) is 0.0526. The third-order valence-electron chi connectivity index (χ3n) is 3.85. The van der Waals surface area contributed by atoms with Crippen molar-refractivity contribution in [2.24, 2.45) is 0 Å². The van der Waals surface area contributed by atoms with Crippen molar-refractivity contribution in [3.8, 4) is 0 Å². The lowest BCUT2D eigenvalue weighted by Crippen LogP contribution is -2.14. The quantitative estimate of drug-likeness (QED) is 0.604. The first-order chi connectivity index (χ1) is 13.2. The van der Waals surface area contributed by atoms with E-state index in [0.29, 0.717) is 0 Å². The third kappa shape index (κ3) is 4.64. The molecule has 146 valence electrons. The zero-order valence-electron chi connectivity index (χ0n) is 14.8. The lowest BCUT2D eigenvalue weighted by molar-refractivity contribution is 0.599. The minimum Gasteiger partial charge on any atom is -0.280 e. The Hall–Kier alpha value is -2.55. The fourth-order valence-corrected chi connectivity index (χ4v) is 4.83. The molecular formula is C19H17ClN2O4S2. The molecule has 0 saturated carbocycles. The molecule has 0 spiro atoms. The van der Waals surface area contributed by atoms with E-state index in [1.165, 1.54) is 42.5 Å². The number of aryl methyl sites for hydroxylation is 1. The first-order valence-corrected chi connectivity index (χ1v) is 11.5. The Morgan fingerprint density at radius 3 is 1.89 bits per heavy atom. The van der Waals surface area contributed by atoms with Gasteiger partial charge in [-0.2, -0.15) is 0 Å². The zero-order valence-corrected chi connectivity index (χ0v) is 17.1. The summed E-state index contributed by atoms with van der Waals surface area (Å²) in [4.78, 5) is 0.207. The summed E-state index contributed by atoms with van der Waals surface area (Å²) in [6, 6.07) is 18.4. The standard InChI is InChI=1S/C19H17ClN2O4S2/c1-14-7-10-17(11-8-14)27(23,24)21-15-9-12-19(18(20)13-15)22-28(25,26)16-5-3-2-4-6-16/h2-13,21-22H,1H3. The molecule has 3 rings (SSSR count). The van der Waals surface area contributed by atoms with Crippen LogP contribution in [-0.4, -0.2) is 16.8 Å². The molecule has 0 aliphatic rings. The van der Waals surface area contributed by atoms with Crippen LogP contribution in [-0.2, 0) is 20.0 Å². The van der Waals surface area contributed by atoms with Gasteiger partial charge in [-0.05, 0) is 49.4 Å². The zero-order chi connectivity index (χ0) is 20.4. The molecule has 28 heavy (non-hydrogen) atoms. The van der Waals surface area contributed by atoms with Gasteiger partial charge in [-0.1, -0.05) is 47.5 Å². The van der Waals surface area contributed by atoms with E-state index >= 15 is 0 Å². The van der Waals surface area contributed by atoms with Gasteiger partial charge in [0.05, 0.1) is 26.2 Å². The van der Waals surface area contributed by atoms with Gasteiger partial charge in [0.25, 0.3) is 20.0 Å². The van der Waals surface area contributed by atoms with E-state index in [2.05, 4.69) is 9.44 Å². The summed E-state index contributed by atoms with van der Waals surface area (Å²) in [5.74, 6) is 0. The van der Waals surface area contributed by atoms with E-state index in [-0.39, 0.29) is 26.2 Å². The maximum Gasteiger partial charge on any atom is 0.261 e. The number of hydrogen-bond acceptors (Lipinski definition) is 4. The van der Waals surface area contributed by atoms with Gasteiger partial charge in [-0.15, -0.1) is 0 Å². The Bertz CT molecular complexity index is 1190. The van der Waals surface area contributed by atoms with Gasteiger partial charge in [0.2, 0.25) is 0 Å². The average Bonchev–Trinajstić information content (AvgIpc) is 2.65. The smallest absolute Gasteiger partial charge is 0.261 e. The molecule has 0 radical (unpaired) electrons. The Labute approximate surface area is 169 Å². The Morgan fingerprint density at radius 1 is 0.714 bits per heavy atom. The molecule has 3 aromatic rings. The highest BCUT2D eigenvalue weighted by Gasteiger charge is 2.17. The molecule has 0 aliphatic heterocycles. The summed E-state index contributed by atoms with van der Waals surface area (Å²) in [7, 11) is -7.59. The lowest BCUT2D eigenvalue weighted by atomic mass is 10.2. The maximum absolute atomic E-state index is 12.5. The minimum atomic E-state index is -3.80. The summed E-state index contributed by atoms with van der Waals surface area (Å²) >= 11 is 6.16. The van der Waals surface area contributed by atoms with Crippen LogP contribution in [0.15, 0.2) is 82.6 Å². The van der Waals surface area contributed by atoms with E-state index in [4.69, 9.17) is 11.6 Å². The molecule has 0 aromatic heterocycles. The SMILES string of the molecule is Cc1ccc(S(=O)(=O)Nc2ccc(NS(=O)(=O)c3ccccc3)c(Cl)c2)cc1. The van der Waals surface area contributed by atoms with Crippen LogP contribution in [0, 0.1) is 6.92 Å². The van der Waals surface area contributed by atoms with E-state index < -0.39 is 20.0 Å². The molecule has 0 fully saturated rings. The van der Waals surface area contributed by atoms with Crippen LogP contribution in [0.3, 0.4) is 0 Å². The summed E-state index contributed by atoms with van der Waals surface area (Å²) in [5, 5.41) is 0.0589. The van der Waals surface area contributed by atoms with Crippen molar-refractivity contribution in [2.45, 2.75) is 16.7 Å². The Morgan fingerprint density at radius 2 is 1.29 bits per heavy atom. The number of hydrogen-bond donors (Lipinski definition) is 2. The number of anilines is 2. The van der Waals surface area contributed by atoms with Crippen LogP contribution in [0.2, 0.25) is 5.02 Å². The fourth-order valence-electron chi connectivity index (χ4n) is 2.40. The lowest BCUT2D eigenvalue weighted by Gasteiger charge is -2.12. The van der Waals surface area contributed by atoms with Gasteiger partial charge in [-0.3, -0.25) is 9.44 Å². The maximum atomic E-state index is 12.5. The number of halogens is 1. The third-order valence-corrected chi connectivity index (χ3v) is 6.94. The van der Waals surface area contributed by atoms with Crippen molar-refractivity contribution in [1.29, 1.82) is 0 Å². The molecule has 0 amide bonds. The Kier molecular flexibility index (Phi) is 5.64. The van der Waals surface area contributed by atoms with E-state index in [0.717, 1.165) is 5.56 Å². The van der Waals surface area contributed by atoms with Crippen molar-refractivity contribution in [3.63, 3.8) is 0 Å². The van der Waals surface area contributed by atoms with Gasteiger partial charge in [0.1, 0.15) is 0 Å². The number of nitrogens with one attached hydrogen (secondary N) is 2. The molecule has 0 atom stereocenters. The van der Waals surface area contributed by atoms with E-state index in [9.17, 15) is 16.8 Å². The van der Waals surface area contributed by atoms with Gasteiger partial charge in [0, 0.05) is 0 Å². The first-order valence-electron chi connectivity index (χ1n) is 8.14. The summed E-state index contributed by atoms with van der Waals surface area (Å²) in [5.41, 5.74) is 1.30. The van der Waals surface area contributed by atoms with Crippen LogP contribution < -0.4 is 9.44 Å². The first kappa shape index (κ1) is 20.2. The van der Waals surface area contributed by atoms with Crippen molar-refractivity contribution in [3.05, 3.63) is 83.4 Å². The second-order valence-corrected chi connectivity index (χ2v) is 9.80. The van der Waals surface area contributed by atoms with Gasteiger partial charge in [0.15, 0.2) is 0 Å². The van der Waals surface area contributed by atoms with Crippen LogP contribution >= 0.6 is 11.6 Å². The van der Waals surface area contributed by atoms with Crippen molar-refractivity contribution < 1.29 is 16.8 Å². The largest absolute Gasteiger partial charge is 0.280 e. The molecule has 0 bridgehead atoms. The summed E-state index contributed by atoms with van der Waals surface area (Å²) in [6.07, 6.45) is 0. The molecule has 9 heteroatoms. The topological polar surface area (TPSA) is 92.3 Å². The van der Waals surface area contributed by atoms with Crippen LogP contribution in [0.4, 0.5) is 11.4 Å². The number of benzene rings is 3. The van der Waals surface area contributed by atoms with Crippen LogP contribution in [0.1, 0.15) is 5.56 Å². The summed E-state index contributed by atoms with van der Waals surface area (Å²) < 4.78 is 54.5. The monoisotopic (exact) mass is 436 g/mol. The second kappa shape index (κ2) is 7.83. The number of sulfonamides is 2. The molecule has 0 aliphatic carbocycles. The highest BCUT2D eigenvalue weighted by molar-refractivity contribution is 7.93. The summed E-state index contributed by atoms with van der Waals surface area (Å²) in [6.45, 7) is 1.86. The predicted molar refractivity (Wildman–Crippen MR) is 111 cm³/mol. The number of rotatable bonds is 6. The average molecular weight is 437 g/mol. The van der Waals surface area contributed by atoms with Gasteiger partial charge >= 0.3 is 0 Å². The van der Waals surface area contributed by atoms with Crippen molar-refractivity contribution in [2.75, 3.05) is 9.44 Å². The van der Waals surface area contributed by atoms with Crippen molar-refractivity contribution >= 4 is 43.0 Å².